The third-order valence-corrected chi connectivity index (χ3v) is 5.06. The molecular weight excluding hydrogens is 293 g/mol. The maximum absolute atomic E-state index is 6.31. The summed E-state index contributed by atoms with van der Waals surface area (Å²) in [5.74, 6) is 0. The number of nitrogens with zero attached hydrogens (tertiary/aromatic N) is 2. The average molecular weight is 316 g/mol. The zero-order valence-electron chi connectivity index (χ0n) is 12.4. The molecule has 1 aliphatic rings. The lowest BCUT2D eigenvalue weighted by atomic mass is 9.96. The van der Waals surface area contributed by atoms with Crippen molar-refractivity contribution >= 4 is 23.2 Å². The second-order valence-electron chi connectivity index (χ2n) is 5.62. The first-order valence-corrected chi connectivity index (χ1v) is 7.77. The fourth-order valence-corrected chi connectivity index (χ4v) is 3.25. The van der Waals surface area contributed by atoms with E-state index in [1.165, 1.54) is 0 Å². The Hall–Kier alpha value is -0.320. The summed E-state index contributed by atoms with van der Waals surface area (Å²) in [6.07, 6.45) is 0.888. The first kappa shape index (κ1) is 16.1. The summed E-state index contributed by atoms with van der Waals surface area (Å²) in [6.45, 7) is 3.30. The number of benzene rings is 1. The van der Waals surface area contributed by atoms with Crippen molar-refractivity contribution < 1.29 is 0 Å². The van der Waals surface area contributed by atoms with Crippen molar-refractivity contribution in [3.8, 4) is 0 Å². The van der Waals surface area contributed by atoms with Gasteiger partial charge in [-0.2, -0.15) is 0 Å². The molecule has 0 radical (unpaired) electrons. The van der Waals surface area contributed by atoms with Crippen molar-refractivity contribution in [3.63, 3.8) is 0 Å². The first-order chi connectivity index (χ1) is 9.52. The maximum Gasteiger partial charge on any atom is 0.0624 e. The van der Waals surface area contributed by atoms with Crippen molar-refractivity contribution in [3.05, 3.63) is 33.8 Å². The zero-order valence-corrected chi connectivity index (χ0v) is 13.9. The highest BCUT2D eigenvalue weighted by atomic mass is 35.5. The summed E-state index contributed by atoms with van der Waals surface area (Å²) in [5, 5.41) is 4.76. The Morgan fingerprint density at radius 2 is 2.05 bits per heavy atom. The van der Waals surface area contributed by atoms with Crippen LogP contribution in [0.5, 0.6) is 0 Å². The molecule has 2 rings (SSSR count). The normalized spacial score (nSPS) is 22.9. The maximum atomic E-state index is 6.31. The number of halogens is 2. The molecule has 1 N–H and O–H groups in total. The van der Waals surface area contributed by atoms with E-state index in [0.29, 0.717) is 22.1 Å². The summed E-state index contributed by atoms with van der Waals surface area (Å²) in [5.41, 5.74) is 1.11. The Morgan fingerprint density at radius 3 is 2.75 bits per heavy atom. The SMILES string of the molecule is CNC(Cc1cccc(Cl)c1Cl)C1CN(C)CCN1C. The number of piperazine rings is 1. The molecule has 1 aliphatic heterocycles. The minimum atomic E-state index is 0.360. The predicted molar refractivity (Wildman–Crippen MR) is 86.9 cm³/mol. The molecule has 112 valence electrons. The van der Waals surface area contributed by atoms with Crippen LogP contribution in [0.4, 0.5) is 0 Å². The Bertz CT molecular complexity index is 453. The molecule has 3 nitrogen and oxygen atoms in total. The third kappa shape index (κ3) is 3.66. The van der Waals surface area contributed by atoms with E-state index in [1.807, 2.05) is 19.2 Å². The lowest BCUT2D eigenvalue weighted by molar-refractivity contribution is 0.0897. The largest absolute Gasteiger partial charge is 0.315 e. The summed E-state index contributed by atoms with van der Waals surface area (Å²) in [4.78, 5) is 4.81. The summed E-state index contributed by atoms with van der Waals surface area (Å²) < 4.78 is 0. The molecule has 0 saturated carbocycles. The van der Waals surface area contributed by atoms with Gasteiger partial charge in [-0.1, -0.05) is 35.3 Å². The fourth-order valence-electron chi connectivity index (χ4n) is 2.85. The number of likely N-dealkylation sites (N-methyl/N-ethyl adjacent to an activating group) is 3. The third-order valence-electron chi connectivity index (χ3n) is 4.21. The smallest absolute Gasteiger partial charge is 0.0624 e. The van der Waals surface area contributed by atoms with E-state index in [-0.39, 0.29) is 0 Å². The van der Waals surface area contributed by atoms with Crippen LogP contribution in [0.1, 0.15) is 5.56 Å². The van der Waals surface area contributed by atoms with Gasteiger partial charge >= 0.3 is 0 Å². The quantitative estimate of drug-likeness (QED) is 0.920. The van der Waals surface area contributed by atoms with Crippen LogP contribution >= 0.6 is 23.2 Å². The molecule has 1 heterocycles. The average Bonchev–Trinajstić information content (AvgIpc) is 2.43. The second kappa shape index (κ2) is 7.10. The van der Waals surface area contributed by atoms with E-state index in [0.717, 1.165) is 31.6 Å². The van der Waals surface area contributed by atoms with Crippen LogP contribution in [0.25, 0.3) is 0 Å². The van der Waals surface area contributed by atoms with Gasteiger partial charge in [-0.15, -0.1) is 0 Å². The van der Waals surface area contributed by atoms with Crippen LogP contribution in [0.15, 0.2) is 18.2 Å². The molecule has 20 heavy (non-hydrogen) atoms. The molecular formula is C15H23Cl2N3. The van der Waals surface area contributed by atoms with Gasteiger partial charge in [0.15, 0.2) is 0 Å². The highest BCUT2D eigenvalue weighted by Crippen LogP contribution is 2.27. The van der Waals surface area contributed by atoms with Crippen molar-refractivity contribution in [1.82, 2.24) is 15.1 Å². The van der Waals surface area contributed by atoms with Gasteiger partial charge in [0.1, 0.15) is 0 Å². The molecule has 0 spiro atoms. The number of hydrogen-bond donors (Lipinski definition) is 1. The lowest BCUT2D eigenvalue weighted by Gasteiger charge is -2.42. The van der Waals surface area contributed by atoms with Gasteiger partial charge in [0.05, 0.1) is 10.0 Å². The number of nitrogens with one attached hydrogen (secondary N) is 1. The molecule has 5 heteroatoms. The molecule has 0 aliphatic carbocycles. The van der Waals surface area contributed by atoms with Crippen molar-refractivity contribution in [2.24, 2.45) is 0 Å². The van der Waals surface area contributed by atoms with Gasteiger partial charge in [-0.05, 0) is 39.2 Å². The standard InChI is InChI=1S/C15H23Cl2N3/c1-18-13(14-10-19(2)7-8-20(14)3)9-11-5-4-6-12(16)15(11)17/h4-6,13-14,18H,7-10H2,1-3H3. The van der Waals surface area contributed by atoms with E-state index in [9.17, 15) is 0 Å². The second-order valence-corrected chi connectivity index (χ2v) is 6.41. The van der Waals surface area contributed by atoms with Crippen LogP contribution in [0, 0.1) is 0 Å². The first-order valence-electron chi connectivity index (χ1n) is 7.02. The molecule has 0 bridgehead atoms. The highest BCUT2D eigenvalue weighted by molar-refractivity contribution is 6.42. The summed E-state index contributed by atoms with van der Waals surface area (Å²) in [6, 6.07) is 6.70. The van der Waals surface area contributed by atoms with Crippen LogP contribution in [0.3, 0.4) is 0 Å². The summed E-state index contributed by atoms with van der Waals surface area (Å²) in [7, 11) is 6.40. The molecule has 2 unspecified atom stereocenters. The molecule has 1 aromatic carbocycles. The van der Waals surface area contributed by atoms with E-state index in [2.05, 4.69) is 35.3 Å². The van der Waals surface area contributed by atoms with Gasteiger partial charge in [-0.3, -0.25) is 4.90 Å². The predicted octanol–water partition coefficient (Wildman–Crippen LogP) is 2.37. The monoisotopic (exact) mass is 315 g/mol. The van der Waals surface area contributed by atoms with E-state index in [4.69, 9.17) is 23.2 Å². The topological polar surface area (TPSA) is 18.5 Å². The van der Waals surface area contributed by atoms with Gasteiger partial charge in [0.2, 0.25) is 0 Å². The molecule has 1 fully saturated rings. The highest BCUT2D eigenvalue weighted by Gasteiger charge is 2.29. The molecule has 0 aromatic heterocycles. The fraction of sp³-hybridized carbons (Fsp3) is 0.600. The molecule has 1 aromatic rings. The van der Waals surface area contributed by atoms with Crippen LogP contribution in [-0.4, -0.2) is 62.7 Å². The Kier molecular flexibility index (Phi) is 5.70. The number of hydrogen-bond acceptors (Lipinski definition) is 3. The van der Waals surface area contributed by atoms with Gasteiger partial charge in [-0.25, -0.2) is 0 Å². The zero-order chi connectivity index (χ0) is 14.7. The van der Waals surface area contributed by atoms with Gasteiger partial charge < -0.3 is 10.2 Å². The molecule has 1 saturated heterocycles. The van der Waals surface area contributed by atoms with Crippen LogP contribution < -0.4 is 5.32 Å². The van der Waals surface area contributed by atoms with E-state index < -0.39 is 0 Å². The summed E-state index contributed by atoms with van der Waals surface area (Å²) >= 11 is 12.4. The Balaban J connectivity index is 2.14. The van der Waals surface area contributed by atoms with Crippen LogP contribution in [0.2, 0.25) is 10.0 Å². The van der Waals surface area contributed by atoms with Gasteiger partial charge in [0.25, 0.3) is 0 Å². The minimum Gasteiger partial charge on any atom is -0.315 e. The van der Waals surface area contributed by atoms with E-state index >= 15 is 0 Å². The lowest BCUT2D eigenvalue weighted by Crippen LogP contribution is -2.58. The number of rotatable bonds is 4. The van der Waals surface area contributed by atoms with Crippen molar-refractivity contribution in [1.29, 1.82) is 0 Å². The molecule has 2 atom stereocenters. The molecule has 0 amide bonds. The van der Waals surface area contributed by atoms with E-state index in [1.54, 1.807) is 0 Å². The van der Waals surface area contributed by atoms with Crippen molar-refractivity contribution in [2.75, 3.05) is 40.8 Å². The van der Waals surface area contributed by atoms with Crippen molar-refractivity contribution in [2.45, 2.75) is 18.5 Å². The van der Waals surface area contributed by atoms with Gasteiger partial charge in [0, 0.05) is 31.7 Å². The minimum absolute atomic E-state index is 0.360. The Morgan fingerprint density at radius 1 is 1.30 bits per heavy atom. The Labute approximate surface area is 131 Å². The van der Waals surface area contributed by atoms with Crippen LogP contribution in [-0.2, 0) is 6.42 Å².